The SMILES string of the molecule is Cc1cc(C)c(OCC(=O)N(Cc2nnc(-c3ccccc3Cl)o2)C(C)C)c(C)c1. The molecule has 1 aromatic heterocycles. The van der Waals surface area contributed by atoms with E-state index in [0.29, 0.717) is 22.4 Å². The topological polar surface area (TPSA) is 68.5 Å². The maximum Gasteiger partial charge on any atom is 0.261 e. The first kappa shape index (κ1) is 21.8. The van der Waals surface area contributed by atoms with Crippen LogP contribution >= 0.6 is 11.6 Å². The number of hydrogen-bond acceptors (Lipinski definition) is 5. The number of carbonyl (C=O) groups excluding carboxylic acids is 1. The molecule has 7 heteroatoms. The number of benzene rings is 2. The summed E-state index contributed by atoms with van der Waals surface area (Å²) in [5.74, 6) is 1.27. The van der Waals surface area contributed by atoms with E-state index in [1.807, 2.05) is 65.0 Å². The van der Waals surface area contributed by atoms with Crippen LogP contribution in [0.1, 0.15) is 36.4 Å². The Bertz CT molecular complexity index is 1020. The van der Waals surface area contributed by atoms with Crippen molar-refractivity contribution in [1.29, 1.82) is 0 Å². The fourth-order valence-electron chi connectivity index (χ4n) is 3.38. The van der Waals surface area contributed by atoms with E-state index in [0.717, 1.165) is 16.9 Å². The highest BCUT2D eigenvalue weighted by atomic mass is 35.5. The van der Waals surface area contributed by atoms with Gasteiger partial charge < -0.3 is 14.1 Å². The third-order valence-electron chi connectivity index (χ3n) is 4.77. The molecule has 2 aromatic carbocycles. The Hall–Kier alpha value is -2.86. The number of nitrogens with zero attached hydrogens (tertiary/aromatic N) is 3. The Morgan fingerprint density at radius 3 is 2.43 bits per heavy atom. The van der Waals surface area contributed by atoms with Crippen molar-refractivity contribution in [1.82, 2.24) is 15.1 Å². The van der Waals surface area contributed by atoms with Crippen molar-refractivity contribution < 1.29 is 13.9 Å². The van der Waals surface area contributed by atoms with Gasteiger partial charge in [-0.05, 0) is 57.9 Å². The second-order valence-corrected chi connectivity index (χ2v) is 8.02. The molecule has 0 unspecified atom stereocenters. The Labute approximate surface area is 181 Å². The standard InChI is InChI=1S/C23H26ClN3O3/c1-14(2)27(21(28)13-29-22-16(4)10-15(3)11-17(22)5)12-20-25-26-23(30-20)18-8-6-7-9-19(18)24/h6-11,14H,12-13H2,1-5H3. The van der Waals surface area contributed by atoms with Crippen LogP contribution in [-0.4, -0.2) is 33.7 Å². The zero-order valence-electron chi connectivity index (χ0n) is 17.9. The quantitative estimate of drug-likeness (QED) is 0.522. The number of aryl methyl sites for hydroxylation is 3. The van der Waals surface area contributed by atoms with E-state index in [1.165, 1.54) is 5.56 Å². The third-order valence-corrected chi connectivity index (χ3v) is 5.09. The van der Waals surface area contributed by atoms with Gasteiger partial charge in [0, 0.05) is 6.04 Å². The summed E-state index contributed by atoms with van der Waals surface area (Å²) in [6.45, 7) is 10.0. The van der Waals surface area contributed by atoms with Crippen LogP contribution in [0.4, 0.5) is 0 Å². The molecule has 0 fully saturated rings. The molecule has 0 saturated heterocycles. The van der Waals surface area contributed by atoms with Gasteiger partial charge in [0.2, 0.25) is 11.8 Å². The van der Waals surface area contributed by atoms with Crippen molar-refractivity contribution in [3.63, 3.8) is 0 Å². The smallest absolute Gasteiger partial charge is 0.261 e. The molecule has 0 saturated carbocycles. The highest BCUT2D eigenvalue weighted by Crippen LogP contribution is 2.27. The largest absolute Gasteiger partial charge is 0.483 e. The minimum atomic E-state index is -0.151. The molecule has 0 aliphatic heterocycles. The lowest BCUT2D eigenvalue weighted by Gasteiger charge is -2.25. The zero-order valence-corrected chi connectivity index (χ0v) is 18.7. The van der Waals surface area contributed by atoms with E-state index < -0.39 is 0 Å². The average molecular weight is 428 g/mol. The molecular formula is C23H26ClN3O3. The van der Waals surface area contributed by atoms with Gasteiger partial charge in [0.05, 0.1) is 17.1 Å². The molecule has 0 atom stereocenters. The van der Waals surface area contributed by atoms with E-state index >= 15 is 0 Å². The molecule has 6 nitrogen and oxygen atoms in total. The zero-order chi connectivity index (χ0) is 21.8. The number of ether oxygens (including phenoxy) is 1. The van der Waals surface area contributed by atoms with Gasteiger partial charge in [0.25, 0.3) is 5.91 Å². The van der Waals surface area contributed by atoms with Crippen molar-refractivity contribution in [2.24, 2.45) is 0 Å². The molecule has 0 bridgehead atoms. The van der Waals surface area contributed by atoms with E-state index in [9.17, 15) is 4.79 Å². The first-order valence-corrected chi connectivity index (χ1v) is 10.2. The molecule has 1 amide bonds. The number of carbonyl (C=O) groups is 1. The fourth-order valence-corrected chi connectivity index (χ4v) is 3.59. The van der Waals surface area contributed by atoms with Gasteiger partial charge in [-0.3, -0.25) is 4.79 Å². The fraction of sp³-hybridized carbons (Fsp3) is 0.348. The summed E-state index contributed by atoms with van der Waals surface area (Å²) in [5, 5.41) is 8.69. The first-order chi connectivity index (χ1) is 14.3. The molecule has 158 valence electrons. The summed E-state index contributed by atoms with van der Waals surface area (Å²) in [7, 11) is 0. The summed E-state index contributed by atoms with van der Waals surface area (Å²) in [6, 6.07) is 11.3. The number of aromatic nitrogens is 2. The lowest BCUT2D eigenvalue weighted by Crippen LogP contribution is -2.39. The summed E-state index contributed by atoms with van der Waals surface area (Å²) in [5.41, 5.74) is 3.85. The third kappa shape index (κ3) is 5.00. The molecule has 0 radical (unpaired) electrons. The van der Waals surface area contributed by atoms with E-state index in [-0.39, 0.29) is 25.1 Å². The van der Waals surface area contributed by atoms with E-state index in [2.05, 4.69) is 10.2 Å². The summed E-state index contributed by atoms with van der Waals surface area (Å²) in [6.07, 6.45) is 0. The van der Waals surface area contributed by atoms with Crippen molar-refractivity contribution in [2.45, 2.75) is 47.2 Å². The Balaban J connectivity index is 1.71. The monoisotopic (exact) mass is 427 g/mol. The van der Waals surface area contributed by atoms with Crippen LogP contribution in [0.25, 0.3) is 11.5 Å². The van der Waals surface area contributed by atoms with Gasteiger partial charge in [0.1, 0.15) is 5.75 Å². The number of hydrogen-bond donors (Lipinski definition) is 0. The highest BCUT2D eigenvalue weighted by molar-refractivity contribution is 6.33. The van der Waals surface area contributed by atoms with Crippen molar-refractivity contribution >= 4 is 17.5 Å². The number of halogens is 1. The van der Waals surface area contributed by atoms with Gasteiger partial charge in [-0.2, -0.15) is 0 Å². The molecule has 0 aliphatic carbocycles. The number of rotatable bonds is 7. The van der Waals surface area contributed by atoms with Crippen molar-refractivity contribution in [3.8, 4) is 17.2 Å². The second kappa shape index (κ2) is 9.30. The lowest BCUT2D eigenvalue weighted by atomic mass is 10.1. The second-order valence-electron chi connectivity index (χ2n) is 7.61. The normalized spacial score (nSPS) is 11.0. The van der Waals surface area contributed by atoms with Crippen LogP contribution < -0.4 is 4.74 Å². The van der Waals surface area contributed by atoms with Gasteiger partial charge >= 0.3 is 0 Å². The lowest BCUT2D eigenvalue weighted by molar-refractivity contribution is -0.136. The van der Waals surface area contributed by atoms with Gasteiger partial charge in [-0.25, -0.2) is 0 Å². The molecule has 0 spiro atoms. The first-order valence-electron chi connectivity index (χ1n) is 9.83. The van der Waals surface area contributed by atoms with Crippen LogP contribution in [0, 0.1) is 20.8 Å². The van der Waals surface area contributed by atoms with Crippen molar-refractivity contribution in [2.75, 3.05) is 6.61 Å². The van der Waals surface area contributed by atoms with Crippen LogP contribution in [0.2, 0.25) is 5.02 Å². The molecule has 3 aromatic rings. The molecule has 0 aliphatic rings. The highest BCUT2D eigenvalue weighted by Gasteiger charge is 2.22. The molecule has 3 rings (SSSR count). The molecular weight excluding hydrogens is 402 g/mol. The maximum atomic E-state index is 12.9. The minimum absolute atomic E-state index is 0.0584. The van der Waals surface area contributed by atoms with Crippen molar-refractivity contribution in [3.05, 3.63) is 64.0 Å². The maximum absolute atomic E-state index is 12.9. The molecule has 30 heavy (non-hydrogen) atoms. The predicted molar refractivity (Wildman–Crippen MR) is 117 cm³/mol. The number of amides is 1. The Morgan fingerprint density at radius 2 is 1.80 bits per heavy atom. The summed E-state index contributed by atoms with van der Waals surface area (Å²) >= 11 is 6.20. The van der Waals surface area contributed by atoms with Crippen LogP contribution in [-0.2, 0) is 11.3 Å². The average Bonchev–Trinajstić information content (AvgIpc) is 3.13. The minimum Gasteiger partial charge on any atom is -0.483 e. The summed E-state index contributed by atoms with van der Waals surface area (Å²) < 4.78 is 11.6. The van der Waals surface area contributed by atoms with Gasteiger partial charge in [0.15, 0.2) is 6.61 Å². The van der Waals surface area contributed by atoms with Crippen LogP contribution in [0.3, 0.4) is 0 Å². The van der Waals surface area contributed by atoms with Crippen LogP contribution in [0.15, 0.2) is 40.8 Å². The predicted octanol–water partition coefficient (Wildman–Crippen LogP) is 5.13. The van der Waals surface area contributed by atoms with E-state index in [1.54, 1.807) is 11.0 Å². The molecule has 1 heterocycles. The Morgan fingerprint density at radius 1 is 1.13 bits per heavy atom. The van der Waals surface area contributed by atoms with E-state index in [4.69, 9.17) is 20.8 Å². The molecule has 0 N–H and O–H groups in total. The van der Waals surface area contributed by atoms with Crippen LogP contribution in [0.5, 0.6) is 5.75 Å². The summed E-state index contributed by atoms with van der Waals surface area (Å²) in [4.78, 5) is 14.5. The van der Waals surface area contributed by atoms with Gasteiger partial charge in [-0.15, -0.1) is 10.2 Å². The van der Waals surface area contributed by atoms with Gasteiger partial charge in [-0.1, -0.05) is 41.4 Å². The Kier molecular flexibility index (Phi) is 6.77.